The van der Waals surface area contributed by atoms with E-state index in [0.29, 0.717) is 6.54 Å². The molecule has 1 rings (SSSR count). The van der Waals surface area contributed by atoms with Gasteiger partial charge in [0.05, 0.1) is 11.9 Å². The zero-order chi connectivity index (χ0) is 13.7. The molecule has 0 atom stereocenters. The number of carbonyl (C=O) groups excluding carboxylic acids is 1. The van der Waals surface area contributed by atoms with Gasteiger partial charge in [-0.05, 0) is 34.7 Å². The Bertz CT molecular complexity index is 378. The van der Waals surface area contributed by atoms with Crippen LogP contribution in [0, 0.1) is 0 Å². The van der Waals surface area contributed by atoms with Gasteiger partial charge in [-0.25, -0.2) is 4.68 Å². The summed E-state index contributed by atoms with van der Waals surface area (Å²) in [5.41, 5.74) is 0.839. The fourth-order valence-electron chi connectivity index (χ4n) is 2.07. The lowest BCUT2D eigenvalue weighted by atomic mass is 10.2. The molecule has 1 N–H and O–H groups in total. The zero-order valence-corrected chi connectivity index (χ0v) is 11.8. The molecule has 0 aliphatic carbocycles. The summed E-state index contributed by atoms with van der Waals surface area (Å²) >= 11 is 0. The number of nitrogens with one attached hydrogen (secondary N) is 1. The minimum absolute atomic E-state index is 0.0703. The molecule has 18 heavy (non-hydrogen) atoms. The van der Waals surface area contributed by atoms with Crippen LogP contribution in [0.25, 0.3) is 0 Å². The number of carbonyl (C=O) groups is 1. The number of aromatic nitrogens is 3. The Morgan fingerprint density at radius 2 is 2.00 bits per heavy atom. The number of amides is 1. The first-order chi connectivity index (χ1) is 8.45. The molecule has 6 nitrogen and oxygen atoms in total. The minimum atomic E-state index is 0.0703. The molecule has 1 amide bonds. The summed E-state index contributed by atoms with van der Waals surface area (Å²) in [6.07, 6.45) is 1.80. The molecule has 0 unspecified atom stereocenters. The summed E-state index contributed by atoms with van der Waals surface area (Å²) in [5.74, 6) is 0.0703. The third-order valence-corrected chi connectivity index (χ3v) is 2.64. The van der Waals surface area contributed by atoms with Crippen LogP contribution in [-0.4, -0.2) is 44.9 Å². The molecule has 6 heteroatoms. The second kappa shape index (κ2) is 6.49. The topological polar surface area (TPSA) is 63.1 Å². The number of hydrogen-bond donors (Lipinski definition) is 1. The molecule has 0 saturated heterocycles. The first-order valence-corrected chi connectivity index (χ1v) is 6.30. The van der Waals surface area contributed by atoms with E-state index in [1.165, 1.54) is 0 Å². The molecule has 1 aromatic heterocycles. The number of rotatable bonds is 6. The lowest BCUT2D eigenvalue weighted by molar-refractivity contribution is -0.135. The Morgan fingerprint density at radius 3 is 2.50 bits per heavy atom. The molecule has 1 aromatic rings. The highest BCUT2D eigenvalue weighted by Gasteiger charge is 2.20. The van der Waals surface area contributed by atoms with Gasteiger partial charge >= 0.3 is 0 Å². The van der Waals surface area contributed by atoms with Crippen LogP contribution in [0.1, 0.15) is 33.4 Å². The normalized spacial score (nSPS) is 11.3. The van der Waals surface area contributed by atoms with Gasteiger partial charge in [-0.3, -0.25) is 4.79 Å². The molecule has 0 radical (unpaired) electrons. The Kier molecular flexibility index (Phi) is 5.27. The van der Waals surface area contributed by atoms with Crippen molar-refractivity contribution in [3.8, 4) is 0 Å². The Labute approximate surface area is 108 Å². The predicted molar refractivity (Wildman–Crippen MR) is 69.9 cm³/mol. The molecule has 1 heterocycles. The van der Waals surface area contributed by atoms with Crippen LogP contribution < -0.4 is 5.32 Å². The van der Waals surface area contributed by atoms with E-state index in [-0.39, 0.29) is 24.5 Å². The second-order valence-corrected chi connectivity index (χ2v) is 4.93. The van der Waals surface area contributed by atoms with E-state index in [1.54, 1.807) is 10.9 Å². The van der Waals surface area contributed by atoms with Crippen molar-refractivity contribution in [1.29, 1.82) is 0 Å². The minimum Gasteiger partial charge on any atom is -0.336 e. The Hall–Kier alpha value is -1.43. The third-order valence-electron chi connectivity index (χ3n) is 2.64. The van der Waals surface area contributed by atoms with Crippen molar-refractivity contribution in [2.45, 2.75) is 52.9 Å². The summed E-state index contributed by atoms with van der Waals surface area (Å²) in [7, 11) is 1.85. The summed E-state index contributed by atoms with van der Waals surface area (Å²) in [6, 6.07) is 0.385. The van der Waals surface area contributed by atoms with E-state index >= 15 is 0 Å². The van der Waals surface area contributed by atoms with Crippen LogP contribution >= 0.6 is 0 Å². The highest BCUT2D eigenvalue weighted by Crippen LogP contribution is 2.06. The molecule has 0 spiro atoms. The van der Waals surface area contributed by atoms with Crippen molar-refractivity contribution in [3.05, 3.63) is 11.9 Å². The van der Waals surface area contributed by atoms with Crippen molar-refractivity contribution >= 4 is 5.91 Å². The lowest BCUT2D eigenvalue weighted by Crippen LogP contribution is -2.43. The fraction of sp³-hybridized carbons (Fsp3) is 0.750. The van der Waals surface area contributed by atoms with Crippen LogP contribution in [0.5, 0.6) is 0 Å². The Morgan fingerprint density at radius 1 is 1.39 bits per heavy atom. The Balaban J connectivity index is 2.67. The van der Waals surface area contributed by atoms with Gasteiger partial charge in [0.15, 0.2) is 0 Å². The highest BCUT2D eigenvalue weighted by atomic mass is 16.2. The largest absolute Gasteiger partial charge is 0.336 e. The van der Waals surface area contributed by atoms with Crippen molar-refractivity contribution in [2.75, 3.05) is 7.05 Å². The average Bonchev–Trinajstić information content (AvgIpc) is 2.64. The van der Waals surface area contributed by atoms with E-state index in [4.69, 9.17) is 0 Å². The number of nitrogens with zero attached hydrogens (tertiary/aromatic N) is 4. The third kappa shape index (κ3) is 3.80. The van der Waals surface area contributed by atoms with Crippen LogP contribution in [0.4, 0.5) is 0 Å². The van der Waals surface area contributed by atoms with E-state index < -0.39 is 0 Å². The van der Waals surface area contributed by atoms with Gasteiger partial charge in [-0.1, -0.05) is 5.21 Å². The maximum Gasteiger partial charge on any atom is 0.244 e. The first kappa shape index (κ1) is 14.6. The van der Waals surface area contributed by atoms with Gasteiger partial charge in [0, 0.05) is 18.6 Å². The van der Waals surface area contributed by atoms with E-state index in [0.717, 1.165) is 5.69 Å². The first-order valence-electron chi connectivity index (χ1n) is 6.30. The zero-order valence-electron chi connectivity index (χ0n) is 11.8. The van der Waals surface area contributed by atoms with Gasteiger partial charge in [0.25, 0.3) is 0 Å². The van der Waals surface area contributed by atoms with Crippen molar-refractivity contribution < 1.29 is 4.79 Å². The number of hydrogen-bond acceptors (Lipinski definition) is 4. The predicted octanol–water partition coefficient (Wildman–Crippen LogP) is 0.643. The molecule has 0 fully saturated rings. The molecular weight excluding hydrogens is 230 g/mol. The molecule has 102 valence electrons. The van der Waals surface area contributed by atoms with Crippen LogP contribution in [0.3, 0.4) is 0 Å². The summed E-state index contributed by atoms with van der Waals surface area (Å²) in [6.45, 7) is 8.98. The molecule has 0 bridgehead atoms. The van der Waals surface area contributed by atoms with Crippen LogP contribution in [-0.2, 0) is 17.9 Å². The van der Waals surface area contributed by atoms with Gasteiger partial charge in [0.1, 0.15) is 6.54 Å². The maximum absolute atomic E-state index is 12.2. The van der Waals surface area contributed by atoms with Crippen molar-refractivity contribution in [3.63, 3.8) is 0 Å². The molecule has 0 aromatic carbocycles. The molecule has 0 saturated carbocycles. The van der Waals surface area contributed by atoms with Gasteiger partial charge < -0.3 is 10.2 Å². The van der Waals surface area contributed by atoms with Crippen molar-refractivity contribution in [2.24, 2.45) is 0 Å². The smallest absolute Gasteiger partial charge is 0.244 e. The average molecular weight is 253 g/mol. The highest BCUT2D eigenvalue weighted by molar-refractivity contribution is 5.76. The maximum atomic E-state index is 12.2. The summed E-state index contributed by atoms with van der Waals surface area (Å²) in [4.78, 5) is 14.0. The van der Waals surface area contributed by atoms with Gasteiger partial charge in [-0.2, -0.15) is 0 Å². The molecular formula is C12H23N5O. The van der Waals surface area contributed by atoms with Crippen molar-refractivity contribution in [1.82, 2.24) is 25.2 Å². The summed E-state index contributed by atoms with van der Waals surface area (Å²) in [5, 5.41) is 10.9. The summed E-state index contributed by atoms with van der Waals surface area (Å²) < 4.78 is 1.59. The quantitative estimate of drug-likeness (QED) is 0.808. The molecule has 0 aliphatic heterocycles. The lowest BCUT2D eigenvalue weighted by Gasteiger charge is -2.30. The monoisotopic (exact) mass is 253 g/mol. The van der Waals surface area contributed by atoms with Crippen LogP contribution in [0.15, 0.2) is 6.20 Å². The van der Waals surface area contributed by atoms with E-state index in [1.807, 2.05) is 39.6 Å². The van der Waals surface area contributed by atoms with E-state index in [9.17, 15) is 4.79 Å². The molecule has 0 aliphatic rings. The SMILES string of the molecule is CNCc1cn(CC(=O)N(C(C)C)C(C)C)nn1. The fourth-order valence-corrected chi connectivity index (χ4v) is 2.07. The van der Waals surface area contributed by atoms with Crippen LogP contribution in [0.2, 0.25) is 0 Å². The standard InChI is InChI=1S/C12H23N5O/c1-9(2)17(10(3)4)12(18)8-16-7-11(6-13-5)14-15-16/h7,9-10,13H,6,8H2,1-5H3. The second-order valence-electron chi connectivity index (χ2n) is 4.93. The van der Waals surface area contributed by atoms with Gasteiger partial charge in [0.2, 0.25) is 5.91 Å². The van der Waals surface area contributed by atoms with E-state index in [2.05, 4.69) is 15.6 Å². The van der Waals surface area contributed by atoms with Gasteiger partial charge in [-0.15, -0.1) is 5.10 Å².